The Labute approximate surface area is 158 Å². The van der Waals surface area contributed by atoms with Crippen LogP contribution >= 0.6 is 0 Å². The predicted molar refractivity (Wildman–Crippen MR) is 102 cm³/mol. The normalized spacial score (nSPS) is 13.7. The molecule has 0 atom stereocenters. The molecule has 6 nitrogen and oxygen atoms in total. The van der Waals surface area contributed by atoms with Crippen LogP contribution in [0, 0.1) is 6.92 Å². The molecule has 0 N–H and O–H groups in total. The fourth-order valence-corrected chi connectivity index (χ4v) is 3.36. The molecular formula is C21H23N5O. The van der Waals surface area contributed by atoms with Crippen molar-refractivity contribution >= 4 is 5.78 Å². The molecule has 0 saturated heterocycles. The lowest BCUT2D eigenvalue weighted by molar-refractivity contribution is -0.118. The van der Waals surface area contributed by atoms with Gasteiger partial charge in [-0.3, -0.25) is 14.5 Å². The molecule has 0 unspecified atom stereocenters. The van der Waals surface area contributed by atoms with Gasteiger partial charge in [-0.25, -0.2) is 0 Å². The first-order valence-corrected chi connectivity index (χ1v) is 9.38. The third-order valence-corrected chi connectivity index (χ3v) is 4.92. The smallest absolute Gasteiger partial charge is 0.137 e. The molecule has 138 valence electrons. The number of hydrogen-bond acceptors (Lipinski definition) is 5. The Balaban J connectivity index is 1.44. The van der Waals surface area contributed by atoms with Crippen LogP contribution in [0.5, 0.6) is 0 Å². The Morgan fingerprint density at radius 1 is 1.22 bits per heavy atom. The first-order valence-electron chi connectivity index (χ1n) is 9.38. The van der Waals surface area contributed by atoms with E-state index in [0.29, 0.717) is 25.2 Å². The minimum absolute atomic E-state index is 0.202. The lowest BCUT2D eigenvalue weighted by atomic mass is 10.0. The Morgan fingerprint density at radius 2 is 2.00 bits per heavy atom. The summed E-state index contributed by atoms with van der Waals surface area (Å²) in [5.74, 6) is 0.765. The number of pyridine rings is 1. The van der Waals surface area contributed by atoms with Crippen LogP contribution < -0.4 is 0 Å². The lowest BCUT2D eigenvalue weighted by Crippen LogP contribution is -2.06. The number of carbonyl (C=O) groups is 1. The van der Waals surface area contributed by atoms with Crippen molar-refractivity contribution in [2.75, 3.05) is 0 Å². The van der Waals surface area contributed by atoms with E-state index in [0.717, 1.165) is 33.8 Å². The molecule has 1 fully saturated rings. The summed E-state index contributed by atoms with van der Waals surface area (Å²) in [4.78, 5) is 16.2. The molecule has 1 saturated carbocycles. The summed E-state index contributed by atoms with van der Waals surface area (Å²) in [6, 6.07) is 5.80. The van der Waals surface area contributed by atoms with Crippen molar-refractivity contribution in [3.8, 4) is 11.3 Å². The van der Waals surface area contributed by atoms with Gasteiger partial charge in [0.2, 0.25) is 0 Å². The molecule has 3 aromatic rings. The zero-order valence-electron chi connectivity index (χ0n) is 15.7. The maximum Gasteiger partial charge on any atom is 0.137 e. The van der Waals surface area contributed by atoms with Crippen LogP contribution in [0.2, 0.25) is 0 Å². The number of Topliss-reactive ketones (excluding diaryl/α,β-unsaturated/α-hetero) is 1. The molecule has 0 bridgehead atoms. The van der Waals surface area contributed by atoms with Gasteiger partial charge in [0.1, 0.15) is 5.78 Å². The zero-order valence-corrected chi connectivity index (χ0v) is 15.7. The average molecular weight is 361 g/mol. The van der Waals surface area contributed by atoms with Gasteiger partial charge in [-0.2, -0.15) is 10.2 Å². The van der Waals surface area contributed by atoms with Crippen LogP contribution in [0.25, 0.3) is 11.3 Å². The molecule has 0 radical (unpaired) electrons. The Morgan fingerprint density at radius 3 is 2.70 bits per heavy atom. The number of ketones is 1. The van der Waals surface area contributed by atoms with Gasteiger partial charge in [-0.15, -0.1) is 5.10 Å². The molecule has 3 heterocycles. The highest BCUT2D eigenvalue weighted by Crippen LogP contribution is 2.43. The number of rotatable bonds is 7. The first kappa shape index (κ1) is 17.5. The van der Waals surface area contributed by atoms with Crippen molar-refractivity contribution < 1.29 is 4.79 Å². The second-order valence-electron chi connectivity index (χ2n) is 7.31. The molecule has 1 aliphatic rings. The van der Waals surface area contributed by atoms with Gasteiger partial charge in [0.15, 0.2) is 0 Å². The summed E-state index contributed by atoms with van der Waals surface area (Å²) in [6.07, 6.45) is 9.38. The van der Waals surface area contributed by atoms with Crippen molar-refractivity contribution in [1.29, 1.82) is 0 Å². The number of hydrogen-bond donors (Lipinski definition) is 0. The van der Waals surface area contributed by atoms with E-state index in [2.05, 4.69) is 27.2 Å². The summed E-state index contributed by atoms with van der Waals surface area (Å²) in [6.45, 7) is 2.05. The Hall–Kier alpha value is -2.89. The van der Waals surface area contributed by atoms with E-state index in [-0.39, 0.29) is 5.78 Å². The van der Waals surface area contributed by atoms with E-state index < -0.39 is 0 Å². The van der Waals surface area contributed by atoms with Crippen LogP contribution in [-0.2, 0) is 24.7 Å². The molecule has 1 aliphatic carbocycles. The monoisotopic (exact) mass is 361 g/mol. The SMILES string of the molecule is Cc1cc(CCC(=O)Cc2ccncc2)nnc1-c1cn(C)nc1C1CC1. The van der Waals surface area contributed by atoms with Crippen LogP contribution in [0.3, 0.4) is 0 Å². The second-order valence-corrected chi connectivity index (χ2v) is 7.31. The topological polar surface area (TPSA) is 73.6 Å². The number of carbonyl (C=O) groups excluding carboxylic acids is 1. The van der Waals surface area contributed by atoms with Gasteiger partial charge in [0.25, 0.3) is 0 Å². The van der Waals surface area contributed by atoms with Gasteiger partial charge in [-0.1, -0.05) is 0 Å². The minimum Gasteiger partial charge on any atom is -0.299 e. The van der Waals surface area contributed by atoms with Gasteiger partial charge in [-0.05, 0) is 55.5 Å². The number of nitrogens with zero attached hydrogens (tertiary/aromatic N) is 5. The highest BCUT2D eigenvalue weighted by atomic mass is 16.1. The molecule has 3 aromatic heterocycles. The standard InChI is InChI=1S/C21H23N5O/c1-14-11-17(5-6-18(27)12-15-7-9-22-10-8-15)23-24-20(14)19-13-26(2)25-21(19)16-3-4-16/h7-11,13,16H,3-6,12H2,1-2H3. The summed E-state index contributed by atoms with van der Waals surface area (Å²) < 4.78 is 1.86. The molecule has 0 aromatic carbocycles. The predicted octanol–water partition coefficient (Wildman–Crippen LogP) is 3.20. The van der Waals surface area contributed by atoms with E-state index in [9.17, 15) is 4.79 Å². The minimum atomic E-state index is 0.202. The molecule has 0 aliphatic heterocycles. The fraction of sp³-hybridized carbons (Fsp3) is 0.381. The van der Waals surface area contributed by atoms with Crippen LogP contribution in [0.1, 0.15) is 47.7 Å². The Bertz CT molecular complexity index is 960. The van der Waals surface area contributed by atoms with Crippen molar-refractivity contribution in [3.05, 3.63) is 59.3 Å². The van der Waals surface area contributed by atoms with Crippen molar-refractivity contribution in [1.82, 2.24) is 25.0 Å². The van der Waals surface area contributed by atoms with Crippen molar-refractivity contribution in [3.63, 3.8) is 0 Å². The molecule has 6 heteroatoms. The molecule has 0 amide bonds. The molecule has 4 rings (SSSR count). The van der Waals surface area contributed by atoms with E-state index in [1.807, 2.05) is 36.1 Å². The third kappa shape index (κ3) is 4.10. The molecule has 27 heavy (non-hydrogen) atoms. The maximum atomic E-state index is 12.2. The fourth-order valence-electron chi connectivity index (χ4n) is 3.36. The van der Waals surface area contributed by atoms with E-state index in [1.54, 1.807) is 12.4 Å². The second kappa shape index (κ2) is 7.39. The maximum absolute atomic E-state index is 12.2. The zero-order chi connectivity index (χ0) is 18.8. The first-order chi connectivity index (χ1) is 13.1. The summed E-state index contributed by atoms with van der Waals surface area (Å²) >= 11 is 0. The average Bonchev–Trinajstić information content (AvgIpc) is 3.43. The lowest BCUT2D eigenvalue weighted by Gasteiger charge is -2.07. The van der Waals surface area contributed by atoms with E-state index in [1.165, 1.54) is 12.8 Å². The molecular weight excluding hydrogens is 338 g/mol. The largest absolute Gasteiger partial charge is 0.299 e. The quantitative estimate of drug-likeness (QED) is 0.646. The highest BCUT2D eigenvalue weighted by Gasteiger charge is 2.30. The van der Waals surface area contributed by atoms with E-state index >= 15 is 0 Å². The van der Waals surface area contributed by atoms with Gasteiger partial charge in [0.05, 0.1) is 17.1 Å². The summed E-state index contributed by atoms with van der Waals surface area (Å²) in [7, 11) is 1.95. The Kier molecular flexibility index (Phi) is 4.79. The number of aryl methyl sites for hydroxylation is 3. The van der Waals surface area contributed by atoms with Crippen molar-refractivity contribution in [2.45, 2.75) is 44.9 Å². The van der Waals surface area contributed by atoms with Crippen LogP contribution in [0.15, 0.2) is 36.8 Å². The van der Waals surface area contributed by atoms with Crippen LogP contribution in [0.4, 0.5) is 0 Å². The van der Waals surface area contributed by atoms with Gasteiger partial charge >= 0.3 is 0 Å². The third-order valence-electron chi connectivity index (χ3n) is 4.92. The number of aromatic nitrogens is 5. The van der Waals surface area contributed by atoms with Gasteiger partial charge < -0.3 is 0 Å². The van der Waals surface area contributed by atoms with E-state index in [4.69, 9.17) is 0 Å². The summed E-state index contributed by atoms with van der Waals surface area (Å²) in [5.41, 5.74) is 6.06. The highest BCUT2D eigenvalue weighted by molar-refractivity contribution is 5.81. The summed E-state index contributed by atoms with van der Waals surface area (Å²) in [5, 5.41) is 13.5. The van der Waals surface area contributed by atoms with Gasteiger partial charge in [0, 0.05) is 50.0 Å². The van der Waals surface area contributed by atoms with Crippen molar-refractivity contribution in [2.24, 2.45) is 7.05 Å². The van der Waals surface area contributed by atoms with Crippen LogP contribution in [-0.4, -0.2) is 30.7 Å². The molecule has 0 spiro atoms.